The van der Waals surface area contributed by atoms with Crippen LogP contribution in [0.2, 0.25) is 0 Å². The summed E-state index contributed by atoms with van der Waals surface area (Å²) in [7, 11) is 0. The molecular weight excluding hydrogens is 562 g/mol. The molecule has 3 aromatic rings. The second kappa shape index (κ2) is 16.5. The normalized spacial score (nSPS) is 12.4. The number of carbonyl (C=O) groups excluding carboxylic acids is 3. The van der Waals surface area contributed by atoms with E-state index in [1.54, 1.807) is 37.8 Å². The molecule has 238 valence electrons. The molecule has 7 heteroatoms. The Hall–Kier alpha value is -4.57. The van der Waals surface area contributed by atoms with E-state index < -0.39 is 29.7 Å². The summed E-state index contributed by atoms with van der Waals surface area (Å²) in [5.41, 5.74) is 3.66. The SMILES string of the molecule is C#Cc1ccccc1C(C(=O)Nc1c(C)cccc1C)N(CCCCCC)C(=O)C(Cc1ccccc1)NC(=O)OC(C)(C)C. The maximum absolute atomic E-state index is 14.7. The first-order valence-corrected chi connectivity index (χ1v) is 15.7. The van der Waals surface area contributed by atoms with Gasteiger partial charge in [0, 0.05) is 24.2 Å². The molecule has 2 N–H and O–H groups in total. The number of benzene rings is 3. The lowest BCUT2D eigenvalue weighted by molar-refractivity contribution is -0.140. The smallest absolute Gasteiger partial charge is 0.408 e. The maximum Gasteiger partial charge on any atom is 0.408 e. The van der Waals surface area contributed by atoms with Crippen molar-refractivity contribution in [1.82, 2.24) is 10.2 Å². The van der Waals surface area contributed by atoms with Gasteiger partial charge in [-0.1, -0.05) is 98.8 Å². The minimum atomic E-state index is -1.05. The summed E-state index contributed by atoms with van der Waals surface area (Å²) in [6, 6.07) is 20.4. The van der Waals surface area contributed by atoms with Crippen LogP contribution in [0.25, 0.3) is 0 Å². The Bertz CT molecular complexity index is 1470. The van der Waals surface area contributed by atoms with E-state index in [9.17, 15) is 14.4 Å². The van der Waals surface area contributed by atoms with Gasteiger partial charge in [0.15, 0.2) is 0 Å². The van der Waals surface area contributed by atoms with E-state index in [-0.39, 0.29) is 12.3 Å². The summed E-state index contributed by atoms with van der Waals surface area (Å²) in [6.45, 7) is 11.6. The fraction of sp³-hybridized carbons (Fsp3) is 0.395. The molecule has 0 spiro atoms. The van der Waals surface area contributed by atoms with E-state index in [2.05, 4.69) is 23.5 Å². The lowest BCUT2D eigenvalue weighted by Crippen LogP contribution is -2.53. The van der Waals surface area contributed by atoms with E-state index in [4.69, 9.17) is 11.2 Å². The third-order valence-corrected chi connectivity index (χ3v) is 7.51. The van der Waals surface area contributed by atoms with Crippen molar-refractivity contribution in [3.63, 3.8) is 0 Å². The number of terminal acetylenes is 1. The predicted molar refractivity (Wildman–Crippen MR) is 181 cm³/mol. The van der Waals surface area contributed by atoms with Crippen LogP contribution in [0, 0.1) is 26.2 Å². The van der Waals surface area contributed by atoms with Crippen LogP contribution >= 0.6 is 0 Å². The predicted octanol–water partition coefficient (Wildman–Crippen LogP) is 7.51. The fourth-order valence-corrected chi connectivity index (χ4v) is 5.30. The molecule has 0 radical (unpaired) electrons. The number of rotatable bonds is 13. The van der Waals surface area contributed by atoms with E-state index in [1.165, 1.54) is 0 Å². The number of amides is 3. The zero-order valence-corrected chi connectivity index (χ0v) is 27.5. The number of carbonyl (C=O) groups is 3. The third-order valence-electron chi connectivity index (χ3n) is 7.51. The zero-order chi connectivity index (χ0) is 33.0. The molecule has 0 aliphatic heterocycles. The first-order chi connectivity index (χ1) is 21.4. The second-order valence-corrected chi connectivity index (χ2v) is 12.4. The van der Waals surface area contributed by atoms with Gasteiger partial charge >= 0.3 is 6.09 Å². The van der Waals surface area contributed by atoms with Crippen LogP contribution in [0.3, 0.4) is 0 Å². The van der Waals surface area contributed by atoms with Gasteiger partial charge in [-0.05, 0) is 69.4 Å². The number of para-hydroxylation sites is 1. The summed E-state index contributed by atoms with van der Waals surface area (Å²) in [5, 5.41) is 5.93. The summed E-state index contributed by atoms with van der Waals surface area (Å²) >= 11 is 0. The van der Waals surface area contributed by atoms with Gasteiger partial charge in [0.2, 0.25) is 5.91 Å². The molecule has 3 amide bonds. The number of nitrogens with one attached hydrogen (secondary N) is 2. The zero-order valence-electron chi connectivity index (χ0n) is 27.5. The van der Waals surface area contributed by atoms with Crippen molar-refractivity contribution in [1.29, 1.82) is 0 Å². The highest BCUT2D eigenvalue weighted by Gasteiger charge is 2.37. The number of alkyl carbamates (subject to hydrolysis) is 1. The Labute approximate surface area is 268 Å². The number of hydrogen-bond donors (Lipinski definition) is 2. The standard InChI is InChI=1S/C38H47N3O4/c1-8-10-11-17-25-41(36(43)32(26-29-21-13-12-14-22-29)39-37(44)45-38(5,6)7)34(31-24-16-15-23-30(31)9-2)35(42)40-33-27(3)19-18-20-28(33)4/h2,12-16,18-24,32,34H,8,10-11,17,25-26H2,1,3-7H3,(H,39,44)(H,40,42). The lowest BCUT2D eigenvalue weighted by atomic mass is 9.96. The molecular formula is C38H47N3O4. The number of anilines is 1. The van der Waals surface area contributed by atoms with Crippen LogP contribution in [0.15, 0.2) is 72.8 Å². The minimum absolute atomic E-state index is 0.215. The number of hydrogen-bond acceptors (Lipinski definition) is 4. The molecule has 0 saturated heterocycles. The van der Waals surface area contributed by atoms with Crippen molar-refractivity contribution in [2.45, 2.75) is 91.3 Å². The van der Waals surface area contributed by atoms with Gasteiger partial charge in [0.1, 0.15) is 17.7 Å². The maximum atomic E-state index is 14.7. The second-order valence-electron chi connectivity index (χ2n) is 12.4. The molecule has 0 saturated carbocycles. The quantitative estimate of drug-likeness (QED) is 0.155. The summed E-state index contributed by atoms with van der Waals surface area (Å²) in [5.74, 6) is 1.93. The Morgan fingerprint density at radius 2 is 1.53 bits per heavy atom. The van der Waals surface area contributed by atoms with Crippen molar-refractivity contribution < 1.29 is 19.1 Å². The van der Waals surface area contributed by atoms with Gasteiger partial charge < -0.3 is 20.3 Å². The van der Waals surface area contributed by atoms with E-state index in [0.717, 1.165) is 36.0 Å². The Kier molecular flexibility index (Phi) is 12.8. The van der Waals surface area contributed by atoms with Crippen molar-refractivity contribution in [3.05, 3.63) is 101 Å². The topological polar surface area (TPSA) is 87.7 Å². The Morgan fingerprint density at radius 1 is 0.889 bits per heavy atom. The largest absolute Gasteiger partial charge is 0.444 e. The summed E-state index contributed by atoms with van der Waals surface area (Å²) in [6.07, 6.45) is 9.01. The highest BCUT2D eigenvalue weighted by atomic mass is 16.6. The average Bonchev–Trinajstić information content (AvgIpc) is 2.99. The van der Waals surface area contributed by atoms with Crippen molar-refractivity contribution in [3.8, 4) is 12.3 Å². The molecule has 0 bridgehead atoms. The summed E-state index contributed by atoms with van der Waals surface area (Å²) in [4.78, 5) is 43.8. The highest BCUT2D eigenvalue weighted by Crippen LogP contribution is 2.30. The van der Waals surface area contributed by atoms with Gasteiger partial charge in [-0.15, -0.1) is 6.42 Å². The fourth-order valence-electron chi connectivity index (χ4n) is 5.30. The van der Waals surface area contributed by atoms with Crippen LogP contribution in [-0.2, 0) is 20.7 Å². The number of nitrogens with zero attached hydrogens (tertiary/aromatic N) is 1. The monoisotopic (exact) mass is 609 g/mol. The summed E-state index contributed by atoms with van der Waals surface area (Å²) < 4.78 is 5.56. The molecule has 45 heavy (non-hydrogen) atoms. The lowest BCUT2D eigenvalue weighted by Gasteiger charge is -2.35. The number of aryl methyl sites for hydroxylation is 2. The van der Waals surface area contributed by atoms with Crippen LogP contribution < -0.4 is 10.6 Å². The Morgan fingerprint density at radius 3 is 2.16 bits per heavy atom. The average molecular weight is 610 g/mol. The molecule has 0 heterocycles. The van der Waals surface area contributed by atoms with Crippen molar-refractivity contribution >= 4 is 23.6 Å². The van der Waals surface area contributed by atoms with Gasteiger partial charge in [0.05, 0.1) is 0 Å². The van der Waals surface area contributed by atoms with Crippen molar-refractivity contribution in [2.24, 2.45) is 0 Å². The molecule has 0 aliphatic rings. The number of ether oxygens (including phenoxy) is 1. The van der Waals surface area contributed by atoms with E-state index in [0.29, 0.717) is 29.8 Å². The molecule has 0 aromatic heterocycles. The van der Waals surface area contributed by atoms with Crippen LogP contribution in [0.5, 0.6) is 0 Å². The molecule has 0 aliphatic carbocycles. The van der Waals surface area contributed by atoms with Gasteiger partial charge in [0.25, 0.3) is 5.91 Å². The first kappa shape index (κ1) is 34.9. The van der Waals surface area contributed by atoms with Crippen molar-refractivity contribution in [2.75, 3.05) is 11.9 Å². The minimum Gasteiger partial charge on any atom is -0.444 e. The van der Waals surface area contributed by atoms with Gasteiger partial charge in [-0.3, -0.25) is 9.59 Å². The van der Waals surface area contributed by atoms with Gasteiger partial charge in [-0.2, -0.15) is 0 Å². The molecule has 3 rings (SSSR count). The Balaban J connectivity index is 2.14. The molecule has 3 aromatic carbocycles. The van der Waals surface area contributed by atoms with Crippen LogP contribution in [0.1, 0.15) is 87.2 Å². The van der Waals surface area contributed by atoms with Crippen LogP contribution in [-0.4, -0.2) is 41.0 Å². The first-order valence-electron chi connectivity index (χ1n) is 15.7. The van der Waals surface area contributed by atoms with Gasteiger partial charge in [-0.25, -0.2) is 4.79 Å². The van der Waals surface area contributed by atoms with E-state index >= 15 is 0 Å². The number of unbranched alkanes of at least 4 members (excludes halogenated alkanes) is 3. The molecule has 2 unspecified atom stereocenters. The third kappa shape index (κ3) is 10.2. The molecule has 7 nitrogen and oxygen atoms in total. The van der Waals surface area contributed by atoms with Crippen LogP contribution in [0.4, 0.5) is 10.5 Å². The molecule has 2 atom stereocenters. The highest BCUT2D eigenvalue weighted by molar-refractivity contribution is 6.00. The molecule has 0 fully saturated rings. The van der Waals surface area contributed by atoms with E-state index in [1.807, 2.05) is 74.5 Å².